The summed E-state index contributed by atoms with van der Waals surface area (Å²) >= 11 is 0. The molecular formula is C18H26O4. The van der Waals surface area contributed by atoms with Crippen LogP contribution in [0.15, 0.2) is 12.1 Å². The van der Waals surface area contributed by atoms with E-state index in [1.165, 1.54) is 13.8 Å². The van der Waals surface area contributed by atoms with E-state index in [0.29, 0.717) is 11.8 Å². The number of carbonyl (C=O) groups excluding carboxylic acids is 2. The van der Waals surface area contributed by atoms with E-state index < -0.39 is 0 Å². The highest BCUT2D eigenvalue weighted by Crippen LogP contribution is 2.29. The summed E-state index contributed by atoms with van der Waals surface area (Å²) in [4.78, 5) is 22.2. The van der Waals surface area contributed by atoms with Crippen LogP contribution in [-0.4, -0.2) is 11.9 Å². The first-order valence-corrected chi connectivity index (χ1v) is 7.64. The molecule has 0 N–H and O–H groups in total. The third-order valence-electron chi connectivity index (χ3n) is 3.51. The summed E-state index contributed by atoms with van der Waals surface area (Å²) in [5.74, 6) is 0.0463. The predicted molar refractivity (Wildman–Crippen MR) is 85.6 cm³/mol. The second-order valence-electron chi connectivity index (χ2n) is 6.12. The molecule has 1 aromatic carbocycles. The van der Waals surface area contributed by atoms with Gasteiger partial charge in [0.25, 0.3) is 0 Å². The monoisotopic (exact) mass is 306 g/mol. The molecule has 0 fully saturated rings. The lowest BCUT2D eigenvalue weighted by molar-refractivity contribution is -0.143. The van der Waals surface area contributed by atoms with E-state index in [0.717, 1.165) is 22.3 Å². The van der Waals surface area contributed by atoms with Gasteiger partial charge in [-0.2, -0.15) is 0 Å². The summed E-state index contributed by atoms with van der Waals surface area (Å²) in [5.41, 5.74) is 4.27. The number of benzene rings is 1. The highest BCUT2D eigenvalue weighted by molar-refractivity contribution is 5.66. The molecule has 0 bridgehead atoms. The second kappa shape index (κ2) is 7.97. The van der Waals surface area contributed by atoms with Gasteiger partial charge in [0, 0.05) is 13.8 Å². The molecule has 0 aliphatic rings. The number of hydrogen-bond acceptors (Lipinski definition) is 4. The Morgan fingerprint density at radius 3 is 1.45 bits per heavy atom. The molecule has 0 heterocycles. The minimum absolute atomic E-state index is 0.244. The van der Waals surface area contributed by atoms with Gasteiger partial charge in [-0.25, -0.2) is 0 Å². The van der Waals surface area contributed by atoms with E-state index in [1.54, 1.807) is 0 Å². The Kier molecular flexibility index (Phi) is 6.60. The van der Waals surface area contributed by atoms with Gasteiger partial charge < -0.3 is 9.47 Å². The topological polar surface area (TPSA) is 52.6 Å². The van der Waals surface area contributed by atoms with E-state index in [4.69, 9.17) is 9.47 Å². The zero-order chi connectivity index (χ0) is 16.9. The largest absolute Gasteiger partial charge is 0.461 e. The van der Waals surface area contributed by atoms with Crippen molar-refractivity contribution in [3.05, 3.63) is 34.4 Å². The van der Waals surface area contributed by atoms with Gasteiger partial charge in [0.1, 0.15) is 13.2 Å². The number of hydrogen-bond donors (Lipinski definition) is 0. The van der Waals surface area contributed by atoms with Crippen molar-refractivity contribution < 1.29 is 19.1 Å². The van der Waals surface area contributed by atoms with Crippen molar-refractivity contribution >= 4 is 11.9 Å². The molecule has 0 spiro atoms. The maximum absolute atomic E-state index is 11.1. The zero-order valence-electron chi connectivity index (χ0n) is 14.4. The van der Waals surface area contributed by atoms with Crippen LogP contribution in [-0.2, 0) is 32.3 Å². The van der Waals surface area contributed by atoms with Crippen LogP contribution in [0.25, 0.3) is 0 Å². The van der Waals surface area contributed by atoms with Gasteiger partial charge >= 0.3 is 11.9 Å². The lowest BCUT2D eigenvalue weighted by Crippen LogP contribution is -2.09. The normalized spacial score (nSPS) is 10.9. The Morgan fingerprint density at radius 2 is 1.18 bits per heavy atom. The number of rotatable bonds is 6. The van der Waals surface area contributed by atoms with Crippen LogP contribution in [0.3, 0.4) is 0 Å². The van der Waals surface area contributed by atoms with Crippen LogP contribution in [0.2, 0.25) is 0 Å². The van der Waals surface area contributed by atoms with Gasteiger partial charge in [0.2, 0.25) is 0 Å². The van der Waals surface area contributed by atoms with Gasteiger partial charge in [-0.3, -0.25) is 9.59 Å². The SMILES string of the molecule is CC(=O)OCc1cc(COC(C)=O)c(C(C)C)cc1C(C)C. The predicted octanol–water partition coefficient (Wildman–Crippen LogP) is 4.06. The fourth-order valence-electron chi connectivity index (χ4n) is 2.41. The molecule has 0 aliphatic carbocycles. The van der Waals surface area contributed by atoms with Crippen molar-refractivity contribution in [2.45, 2.75) is 66.6 Å². The van der Waals surface area contributed by atoms with Crippen LogP contribution in [0.1, 0.15) is 75.6 Å². The molecule has 4 heteroatoms. The molecule has 1 aromatic rings. The van der Waals surface area contributed by atoms with Crippen molar-refractivity contribution in [2.75, 3.05) is 0 Å². The van der Waals surface area contributed by atoms with Gasteiger partial charge in [-0.15, -0.1) is 0 Å². The molecule has 0 unspecified atom stereocenters. The highest BCUT2D eigenvalue weighted by atomic mass is 16.5. The standard InChI is InChI=1S/C18H26O4/c1-11(2)17-8-18(12(3)4)16(10-22-14(6)20)7-15(17)9-21-13(5)19/h7-8,11-12H,9-10H2,1-6H3. The number of esters is 2. The Hall–Kier alpha value is -1.84. The quantitative estimate of drug-likeness (QED) is 0.744. The van der Waals surface area contributed by atoms with Crippen LogP contribution < -0.4 is 0 Å². The van der Waals surface area contributed by atoms with Crippen LogP contribution >= 0.6 is 0 Å². The fourth-order valence-corrected chi connectivity index (χ4v) is 2.41. The van der Waals surface area contributed by atoms with Crippen molar-refractivity contribution in [3.63, 3.8) is 0 Å². The van der Waals surface area contributed by atoms with Crippen molar-refractivity contribution in [2.24, 2.45) is 0 Å². The third kappa shape index (κ3) is 5.17. The number of carbonyl (C=O) groups is 2. The zero-order valence-corrected chi connectivity index (χ0v) is 14.4. The molecule has 0 atom stereocenters. The molecule has 0 aromatic heterocycles. The summed E-state index contributed by atoms with van der Waals surface area (Å²) in [6.07, 6.45) is 0. The molecule has 0 saturated heterocycles. The highest BCUT2D eigenvalue weighted by Gasteiger charge is 2.16. The summed E-state index contributed by atoms with van der Waals surface area (Å²) in [5, 5.41) is 0. The molecular weight excluding hydrogens is 280 g/mol. The fraction of sp³-hybridized carbons (Fsp3) is 0.556. The molecule has 22 heavy (non-hydrogen) atoms. The summed E-state index contributed by atoms with van der Waals surface area (Å²) in [7, 11) is 0. The lowest BCUT2D eigenvalue weighted by atomic mass is 9.88. The molecule has 0 radical (unpaired) electrons. The van der Waals surface area contributed by atoms with Gasteiger partial charge in [-0.05, 0) is 40.2 Å². The summed E-state index contributed by atoms with van der Waals surface area (Å²) in [6, 6.07) is 4.14. The smallest absolute Gasteiger partial charge is 0.302 e. The lowest BCUT2D eigenvalue weighted by Gasteiger charge is -2.20. The molecule has 0 amide bonds. The first-order valence-electron chi connectivity index (χ1n) is 7.64. The Labute approximate surface area is 132 Å². The molecule has 122 valence electrons. The van der Waals surface area contributed by atoms with E-state index in [-0.39, 0.29) is 25.2 Å². The molecule has 1 rings (SSSR count). The minimum Gasteiger partial charge on any atom is -0.461 e. The minimum atomic E-state index is -0.302. The van der Waals surface area contributed by atoms with Crippen molar-refractivity contribution in [3.8, 4) is 0 Å². The Bertz CT molecular complexity index is 499. The summed E-state index contributed by atoms with van der Waals surface area (Å²) in [6.45, 7) is 11.7. The van der Waals surface area contributed by atoms with E-state index in [2.05, 4.69) is 33.8 Å². The van der Waals surface area contributed by atoms with Gasteiger partial charge in [0.15, 0.2) is 0 Å². The first kappa shape index (κ1) is 18.2. The average Bonchev–Trinajstić information content (AvgIpc) is 2.41. The van der Waals surface area contributed by atoms with E-state index in [9.17, 15) is 9.59 Å². The van der Waals surface area contributed by atoms with Gasteiger partial charge in [-0.1, -0.05) is 33.8 Å². The van der Waals surface area contributed by atoms with Crippen LogP contribution in [0.5, 0.6) is 0 Å². The van der Waals surface area contributed by atoms with Crippen molar-refractivity contribution in [1.29, 1.82) is 0 Å². The van der Waals surface area contributed by atoms with E-state index >= 15 is 0 Å². The van der Waals surface area contributed by atoms with Crippen molar-refractivity contribution in [1.82, 2.24) is 0 Å². The second-order valence-corrected chi connectivity index (χ2v) is 6.12. The first-order chi connectivity index (χ1) is 10.2. The third-order valence-corrected chi connectivity index (χ3v) is 3.51. The summed E-state index contributed by atoms with van der Waals surface area (Å²) < 4.78 is 10.3. The van der Waals surface area contributed by atoms with Crippen LogP contribution in [0, 0.1) is 0 Å². The maximum atomic E-state index is 11.1. The Morgan fingerprint density at radius 1 is 0.818 bits per heavy atom. The van der Waals surface area contributed by atoms with Crippen LogP contribution in [0.4, 0.5) is 0 Å². The Balaban J connectivity index is 3.24. The molecule has 0 saturated carbocycles. The van der Waals surface area contributed by atoms with Gasteiger partial charge in [0.05, 0.1) is 0 Å². The number of ether oxygens (including phenoxy) is 2. The molecule has 0 aliphatic heterocycles. The van der Waals surface area contributed by atoms with E-state index in [1.807, 2.05) is 6.07 Å². The maximum Gasteiger partial charge on any atom is 0.302 e. The molecule has 4 nitrogen and oxygen atoms in total. The average molecular weight is 306 g/mol.